The molecule has 1 atom stereocenters. The van der Waals surface area contributed by atoms with Gasteiger partial charge in [-0.2, -0.15) is 0 Å². The van der Waals surface area contributed by atoms with Crippen molar-refractivity contribution in [3.63, 3.8) is 0 Å². The van der Waals surface area contributed by atoms with Gasteiger partial charge in [-0.1, -0.05) is 39.0 Å². The molecule has 0 saturated carbocycles. The molecule has 4 nitrogen and oxygen atoms in total. The van der Waals surface area contributed by atoms with Gasteiger partial charge in [-0.3, -0.25) is 4.79 Å². The number of carbonyl (C=O) groups excluding carboxylic acids is 1. The van der Waals surface area contributed by atoms with E-state index < -0.39 is 9.84 Å². The second-order valence-corrected chi connectivity index (χ2v) is 7.41. The summed E-state index contributed by atoms with van der Waals surface area (Å²) >= 11 is 0. The van der Waals surface area contributed by atoms with Gasteiger partial charge in [0.15, 0.2) is 9.84 Å². The molecule has 0 aromatic rings. The smallest absolute Gasteiger partial charge is 0.220 e. The highest BCUT2D eigenvalue weighted by Gasteiger charge is 2.28. The van der Waals surface area contributed by atoms with Gasteiger partial charge in [0.05, 0.1) is 11.5 Å². The van der Waals surface area contributed by atoms with E-state index in [1.165, 1.54) is 25.7 Å². The fraction of sp³-hybridized carbons (Fsp3) is 0.923. The molecule has 5 heteroatoms. The molecule has 0 spiro atoms. The normalized spacial score (nSPS) is 21.9. The van der Waals surface area contributed by atoms with Crippen LogP contribution in [-0.4, -0.2) is 31.9 Å². The molecule has 1 heterocycles. The van der Waals surface area contributed by atoms with E-state index in [-0.39, 0.29) is 23.5 Å². The quantitative estimate of drug-likeness (QED) is 0.689. The summed E-state index contributed by atoms with van der Waals surface area (Å²) in [6, 6.07) is -0.150. The van der Waals surface area contributed by atoms with Crippen molar-refractivity contribution in [3.8, 4) is 0 Å². The van der Waals surface area contributed by atoms with Crippen LogP contribution >= 0.6 is 0 Å². The standard InChI is InChI=1S/C13H25NO3S/c1-2-3-4-5-6-7-8-13(15)14-12-9-10-18(16,17)11-12/h12H,2-11H2,1H3,(H,14,15). The number of sulfone groups is 1. The second kappa shape index (κ2) is 7.77. The molecule has 1 saturated heterocycles. The van der Waals surface area contributed by atoms with Gasteiger partial charge in [0.2, 0.25) is 5.91 Å². The molecule has 1 N–H and O–H groups in total. The van der Waals surface area contributed by atoms with Gasteiger partial charge in [0, 0.05) is 12.5 Å². The van der Waals surface area contributed by atoms with E-state index >= 15 is 0 Å². The maximum absolute atomic E-state index is 11.6. The van der Waals surface area contributed by atoms with Gasteiger partial charge in [0.1, 0.15) is 0 Å². The molecule has 0 aromatic heterocycles. The van der Waals surface area contributed by atoms with E-state index in [0.29, 0.717) is 12.8 Å². The van der Waals surface area contributed by atoms with Gasteiger partial charge in [-0.15, -0.1) is 0 Å². The third-order valence-corrected chi connectivity index (χ3v) is 5.12. The highest BCUT2D eigenvalue weighted by Crippen LogP contribution is 2.12. The van der Waals surface area contributed by atoms with Crippen LogP contribution in [0, 0.1) is 0 Å². The molecule has 1 unspecified atom stereocenters. The first-order valence-corrected chi connectivity index (χ1v) is 8.85. The summed E-state index contributed by atoms with van der Waals surface area (Å²) in [5, 5.41) is 2.82. The van der Waals surface area contributed by atoms with Gasteiger partial charge < -0.3 is 5.32 Å². The summed E-state index contributed by atoms with van der Waals surface area (Å²) in [4.78, 5) is 11.6. The Morgan fingerprint density at radius 2 is 1.83 bits per heavy atom. The first-order chi connectivity index (χ1) is 8.53. The Labute approximate surface area is 110 Å². The molecule has 1 aliphatic heterocycles. The van der Waals surface area contributed by atoms with Crippen molar-refractivity contribution in [2.24, 2.45) is 0 Å². The lowest BCUT2D eigenvalue weighted by Gasteiger charge is -2.10. The number of hydrogen-bond donors (Lipinski definition) is 1. The summed E-state index contributed by atoms with van der Waals surface area (Å²) in [5.41, 5.74) is 0. The van der Waals surface area contributed by atoms with Crippen molar-refractivity contribution in [3.05, 3.63) is 0 Å². The van der Waals surface area contributed by atoms with Crippen molar-refractivity contribution in [2.75, 3.05) is 11.5 Å². The summed E-state index contributed by atoms with van der Waals surface area (Å²) < 4.78 is 22.5. The second-order valence-electron chi connectivity index (χ2n) is 5.19. The van der Waals surface area contributed by atoms with Crippen LogP contribution in [-0.2, 0) is 14.6 Å². The lowest BCUT2D eigenvalue weighted by atomic mass is 10.1. The maximum Gasteiger partial charge on any atom is 0.220 e. The van der Waals surface area contributed by atoms with Gasteiger partial charge in [-0.05, 0) is 12.8 Å². The summed E-state index contributed by atoms with van der Waals surface area (Å²) in [6.07, 6.45) is 8.05. The number of rotatable bonds is 8. The van der Waals surface area contributed by atoms with Crippen LogP contribution in [0.1, 0.15) is 58.3 Å². The zero-order valence-corrected chi connectivity index (χ0v) is 12.1. The average Bonchev–Trinajstić information content (AvgIpc) is 2.63. The van der Waals surface area contributed by atoms with Crippen molar-refractivity contribution < 1.29 is 13.2 Å². The predicted octanol–water partition coefficient (Wildman–Crippen LogP) is 2.04. The summed E-state index contributed by atoms with van der Waals surface area (Å²) in [7, 11) is -2.89. The lowest BCUT2D eigenvalue weighted by molar-refractivity contribution is -0.121. The Hall–Kier alpha value is -0.580. The first kappa shape index (κ1) is 15.5. The predicted molar refractivity (Wildman–Crippen MR) is 73.2 cm³/mol. The summed E-state index contributed by atoms with van der Waals surface area (Å²) in [5.74, 6) is 0.345. The Bertz CT molecular complexity index is 351. The molecular weight excluding hydrogens is 250 g/mol. The van der Waals surface area contributed by atoms with E-state index in [2.05, 4.69) is 12.2 Å². The van der Waals surface area contributed by atoms with Gasteiger partial charge in [0.25, 0.3) is 0 Å². The Morgan fingerprint density at radius 1 is 1.17 bits per heavy atom. The SMILES string of the molecule is CCCCCCCCC(=O)NC1CCS(=O)(=O)C1. The Morgan fingerprint density at radius 3 is 2.44 bits per heavy atom. The van der Waals surface area contributed by atoms with Crippen LogP contribution in [0.4, 0.5) is 0 Å². The van der Waals surface area contributed by atoms with E-state index in [1.54, 1.807) is 0 Å². The van der Waals surface area contributed by atoms with Crippen molar-refractivity contribution >= 4 is 15.7 Å². The fourth-order valence-corrected chi connectivity index (χ4v) is 3.95. The molecule has 0 aromatic carbocycles. The van der Waals surface area contributed by atoms with Crippen LogP contribution < -0.4 is 5.32 Å². The topological polar surface area (TPSA) is 63.2 Å². The van der Waals surface area contributed by atoms with Crippen LogP contribution in [0.15, 0.2) is 0 Å². The fourth-order valence-electron chi connectivity index (χ4n) is 2.27. The number of carbonyl (C=O) groups is 1. The lowest BCUT2D eigenvalue weighted by Crippen LogP contribution is -2.35. The maximum atomic E-state index is 11.6. The highest BCUT2D eigenvalue weighted by molar-refractivity contribution is 7.91. The van der Waals surface area contributed by atoms with E-state index in [9.17, 15) is 13.2 Å². The molecule has 1 amide bonds. The molecule has 18 heavy (non-hydrogen) atoms. The average molecular weight is 275 g/mol. The van der Waals surface area contributed by atoms with Gasteiger partial charge >= 0.3 is 0 Å². The monoisotopic (exact) mass is 275 g/mol. The zero-order chi connectivity index (χ0) is 13.4. The largest absolute Gasteiger partial charge is 0.352 e. The van der Waals surface area contributed by atoms with Crippen LogP contribution in [0.3, 0.4) is 0 Å². The minimum Gasteiger partial charge on any atom is -0.352 e. The van der Waals surface area contributed by atoms with Crippen molar-refractivity contribution in [1.29, 1.82) is 0 Å². The molecule has 106 valence electrons. The van der Waals surface area contributed by atoms with Crippen LogP contribution in [0.5, 0.6) is 0 Å². The van der Waals surface area contributed by atoms with Crippen LogP contribution in [0.2, 0.25) is 0 Å². The molecule has 0 radical (unpaired) electrons. The molecular formula is C13H25NO3S. The van der Waals surface area contributed by atoms with E-state index in [0.717, 1.165) is 12.8 Å². The van der Waals surface area contributed by atoms with Crippen LogP contribution in [0.25, 0.3) is 0 Å². The van der Waals surface area contributed by atoms with Crippen molar-refractivity contribution in [2.45, 2.75) is 64.3 Å². The summed E-state index contributed by atoms with van der Waals surface area (Å²) in [6.45, 7) is 2.18. The molecule has 0 aliphatic carbocycles. The van der Waals surface area contributed by atoms with E-state index in [4.69, 9.17) is 0 Å². The number of amides is 1. The minimum atomic E-state index is -2.89. The zero-order valence-electron chi connectivity index (χ0n) is 11.3. The number of unbranched alkanes of at least 4 members (excludes halogenated alkanes) is 5. The Balaban J connectivity index is 2.04. The first-order valence-electron chi connectivity index (χ1n) is 7.03. The number of nitrogens with one attached hydrogen (secondary N) is 1. The number of hydrogen-bond acceptors (Lipinski definition) is 3. The Kier molecular flexibility index (Phi) is 6.68. The third kappa shape index (κ3) is 6.38. The van der Waals surface area contributed by atoms with Gasteiger partial charge in [-0.25, -0.2) is 8.42 Å². The van der Waals surface area contributed by atoms with Crippen molar-refractivity contribution in [1.82, 2.24) is 5.32 Å². The molecule has 0 bridgehead atoms. The molecule has 1 fully saturated rings. The van der Waals surface area contributed by atoms with E-state index in [1.807, 2.05) is 0 Å². The molecule has 1 rings (SSSR count). The minimum absolute atomic E-state index is 0.00703. The molecule has 1 aliphatic rings. The third-order valence-electron chi connectivity index (χ3n) is 3.35. The highest BCUT2D eigenvalue weighted by atomic mass is 32.2.